The fraction of sp³-hybridized carbons (Fsp3) is 0.500. The minimum absolute atomic E-state index is 0. The molecule has 0 radical (unpaired) electrons. The zero-order valence-electron chi connectivity index (χ0n) is 11.8. The number of benzene rings is 1. The van der Waals surface area contributed by atoms with E-state index in [1.165, 1.54) is 0 Å². The van der Waals surface area contributed by atoms with Crippen LogP contribution in [0, 0.1) is 0 Å². The number of halogens is 3. The van der Waals surface area contributed by atoms with Gasteiger partial charge in [-0.15, -0.1) is 12.4 Å². The van der Waals surface area contributed by atoms with Crippen molar-refractivity contribution in [2.45, 2.75) is 19.4 Å². The summed E-state index contributed by atoms with van der Waals surface area (Å²) >= 11 is 11.8. The van der Waals surface area contributed by atoms with E-state index in [9.17, 15) is 4.79 Å². The average Bonchev–Trinajstić information content (AvgIpc) is 2.71. The van der Waals surface area contributed by atoms with Crippen LogP contribution < -0.4 is 10.1 Å². The number of ether oxygens (including phenoxy) is 1. The second-order valence-corrected chi connectivity index (χ2v) is 5.58. The fourth-order valence-corrected chi connectivity index (χ4v) is 2.42. The maximum Gasteiger partial charge on any atom is 0.263 e. The predicted molar refractivity (Wildman–Crippen MR) is 87.9 cm³/mol. The van der Waals surface area contributed by atoms with E-state index >= 15 is 0 Å². The maximum absolute atomic E-state index is 12.3. The summed E-state index contributed by atoms with van der Waals surface area (Å²) < 4.78 is 5.65. The molecule has 1 aromatic rings. The zero-order valence-corrected chi connectivity index (χ0v) is 14.1. The third kappa shape index (κ3) is 5.22. The average molecular weight is 354 g/mol. The number of hydrogen-bond donors (Lipinski definition) is 1. The number of rotatable bonds is 3. The van der Waals surface area contributed by atoms with Gasteiger partial charge in [-0.2, -0.15) is 0 Å². The van der Waals surface area contributed by atoms with E-state index < -0.39 is 6.10 Å². The van der Waals surface area contributed by atoms with Crippen LogP contribution in [0.15, 0.2) is 18.2 Å². The standard InChI is InChI=1S/C14H18Cl2N2O2.ClH/c1-10(14(19)18-7-2-5-17-6-8-18)20-11-3-4-12(15)13(16)9-11;/h3-4,9-10,17H,2,5-8H2,1H3;1H. The third-order valence-corrected chi connectivity index (χ3v) is 3.94. The molecular formula is C14H19Cl3N2O2. The van der Waals surface area contributed by atoms with E-state index in [1.807, 2.05) is 4.90 Å². The number of carbonyl (C=O) groups excluding carboxylic acids is 1. The Morgan fingerprint density at radius 2 is 2.05 bits per heavy atom. The molecule has 118 valence electrons. The van der Waals surface area contributed by atoms with Gasteiger partial charge in [0, 0.05) is 25.7 Å². The Kier molecular flexibility index (Phi) is 7.60. The van der Waals surface area contributed by atoms with Crippen molar-refractivity contribution >= 4 is 41.5 Å². The Morgan fingerprint density at radius 3 is 2.76 bits per heavy atom. The van der Waals surface area contributed by atoms with Gasteiger partial charge in [-0.3, -0.25) is 4.79 Å². The molecule has 1 fully saturated rings. The van der Waals surface area contributed by atoms with Gasteiger partial charge in [0.1, 0.15) is 5.75 Å². The molecule has 1 atom stereocenters. The van der Waals surface area contributed by atoms with Crippen molar-refractivity contribution < 1.29 is 9.53 Å². The van der Waals surface area contributed by atoms with Crippen LogP contribution in [0.4, 0.5) is 0 Å². The molecule has 0 saturated carbocycles. The Hall–Kier alpha value is -0.680. The first-order valence-corrected chi connectivity index (χ1v) is 7.45. The summed E-state index contributed by atoms with van der Waals surface area (Å²) in [6.07, 6.45) is 0.427. The van der Waals surface area contributed by atoms with Crippen LogP contribution in [0.25, 0.3) is 0 Å². The maximum atomic E-state index is 12.3. The molecule has 0 bridgehead atoms. The molecule has 1 saturated heterocycles. The largest absolute Gasteiger partial charge is 0.481 e. The summed E-state index contributed by atoms with van der Waals surface area (Å²) in [7, 11) is 0. The first-order valence-electron chi connectivity index (χ1n) is 6.69. The first kappa shape index (κ1) is 18.4. The summed E-state index contributed by atoms with van der Waals surface area (Å²) in [5, 5.41) is 4.16. The molecule has 1 unspecified atom stereocenters. The highest BCUT2D eigenvalue weighted by atomic mass is 35.5. The van der Waals surface area contributed by atoms with Crippen LogP contribution in [-0.2, 0) is 4.79 Å². The Morgan fingerprint density at radius 1 is 1.29 bits per heavy atom. The molecule has 1 amide bonds. The highest BCUT2D eigenvalue weighted by Crippen LogP contribution is 2.27. The van der Waals surface area contributed by atoms with Crippen LogP contribution >= 0.6 is 35.6 Å². The number of amides is 1. The molecule has 4 nitrogen and oxygen atoms in total. The molecule has 0 aliphatic carbocycles. The highest BCUT2D eigenvalue weighted by Gasteiger charge is 2.22. The second-order valence-electron chi connectivity index (χ2n) is 4.76. The highest BCUT2D eigenvalue weighted by molar-refractivity contribution is 6.42. The minimum Gasteiger partial charge on any atom is -0.481 e. The molecule has 1 aromatic carbocycles. The van der Waals surface area contributed by atoms with Crippen LogP contribution in [0.1, 0.15) is 13.3 Å². The number of hydrogen-bond acceptors (Lipinski definition) is 3. The number of carbonyl (C=O) groups is 1. The molecule has 1 aliphatic rings. The topological polar surface area (TPSA) is 41.6 Å². The van der Waals surface area contributed by atoms with E-state index in [-0.39, 0.29) is 18.3 Å². The number of nitrogens with zero attached hydrogens (tertiary/aromatic N) is 1. The second kappa shape index (κ2) is 8.69. The van der Waals surface area contributed by atoms with Gasteiger partial charge in [0.05, 0.1) is 10.0 Å². The molecule has 1 N–H and O–H groups in total. The van der Waals surface area contributed by atoms with E-state index in [2.05, 4.69) is 5.32 Å². The Labute approximate surface area is 141 Å². The van der Waals surface area contributed by atoms with Crippen LogP contribution in [0.3, 0.4) is 0 Å². The summed E-state index contributed by atoms with van der Waals surface area (Å²) in [5.74, 6) is 0.549. The molecule has 21 heavy (non-hydrogen) atoms. The van der Waals surface area contributed by atoms with Crippen LogP contribution in [0.2, 0.25) is 10.0 Å². The quantitative estimate of drug-likeness (QED) is 0.908. The SMILES string of the molecule is CC(Oc1ccc(Cl)c(Cl)c1)C(=O)N1CCCNCC1.Cl. The molecule has 1 aliphatic heterocycles. The van der Waals surface area contributed by atoms with Gasteiger partial charge in [-0.1, -0.05) is 23.2 Å². The molecule has 0 aromatic heterocycles. The molecular weight excluding hydrogens is 335 g/mol. The minimum atomic E-state index is -0.537. The lowest BCUT2D eigenvalue weighted by Gasteiger charge is -2.24. The van der Waals surface area contributed by atoms with Crippen molar-refractivity contribution in [3.05, 3.63) is 28.2 Å². The zero-order chi connectivity index (χ0) is 14.5. The fourth-order valence-electron chi connectivity index (χ4n) is 2.13. The van der Waals surface area contributed by atoms with Crippen molar-refractivity contribution in [1.82, 2.24) is 10.2 Å². The lowest BCUT2D eigenvalue weighted by molar-refractivity contribution is -0.137. The Balaban J connectivity index is 0.00000220. The van der Waals surface area contributed by atoms with Gasteiger partial charge < -0.3 is 15.0 Å². The van der Waals surface area contributed by atoms with Crippen molar-refractivity contribution in [1.29, 1.82) is 0 Å². The summed E-state index contributed by atoms with van der Waals surface area (Å²) in [6.45, 7) is 5.01. The molecule has 1 heterocycles. The van der Waals surface area contributed by atoms with Crippen molar-refractivity contribution in [3.63, 3.8) is 0 Å². The third-order valence-electron chi connectivity index (χ3n) is 3.20. The predicted octanol–water partition coefficient (Wildman–Crippen LogP) is 3.00. The van der Waals surface area contributed by atoms with E-state index in [4.69, 9.17) is 27.9 Å². The number of nitrogens with one attached hydrogen (secondary N) is 1. The van der Waals surface area contributed by atoms with Gasteiger partial charge in [0.15, 0.2) is 6.10 Å². The first-order chi connectivity index (χ1) is 9.58. The van der Waals surface area contributed by atoms with Gasteiger partial charge in [0.25, 0.3) is 5.91 Å². The van der Waals surface area contributed by atoms with E-state index in [0.717, 1.165) is 26.1 Å². The van der Waals surface area contributed by atoms with Crippen molar-refractivity contribution in [3.8, 4) is 5.75 Å². The monoisotopic (exact) mass is 352 g/mol. The lowest BCUT2D eigenvalue weighted by Crippen LogP contribution is -2.42. The van der Waals surface area contributed by atoms with Gasteiger partial charge in [-0.05, 0) is 32.0 Å². The Bertz CT molecular complexity index is 477. The molecule has 0 spiro atoms. The van der Waals surface area contributed by atoms with Crippen molar-refractivity contribution in [2.24, 2.45) is 0 Å². The van der Waals surface area contributed by atoms with Crippen molar-refractivity contribution in [2.75, 3.05) is 26.2 Å². The summed E-state index contributed by atoms with van der Waals surface area (Å²) in [6, 6.07) is 4.99. The normalized spacial score (nSPS) is 16.6. The molecule has 2 rings (SSSR count). The summed E-state index contributed by atoms with van der Waals surface area (Å²) in [4.78, 5) is 14.2. The molecule has 7 heteroatoms. The summed E-state index contributed by atoms with van der Waals surface area (Å²) in [5.41, 5.74) is 0. The van der Waals surface area contributed by atoms with Gasteiger partial charge >= 0.3 is 0 Å². The smallest absolute Gasteiger partial charge is 0.263 e. The lowest BCUT2D eigenvalue weighted by atomic mass is 10.3. The van der Waals surface area contributed by atoms with Gasteiger partial charge in [-0.25, -0.2) is 0 Å². The van der Waals surface area contributed by atoms with E-state index in [0.29, 0.717) is 22.3 Å². The van der Waals surface area contributed by atoms with Crippen LogP contribution in [-0.4, -0.2) is 43.1 Å². The van der Waals surface area contributed by atoms with E-state index in [1.54, 1.807) is 25.1 Å². The van der Waals surface area contributed by atoms with Crippen LogP contribution in [0.5, 0.6) is 5.75 Å². The van der Waals surface area contributed by atoms with Gasteiger partial charge in [0.2, 0.25) is 0 Å².